The number of benzene rings is 1. The van der Waals surface area contributed by atoms with Crippen LogP contribution in [-0.4, -0.2) is 5.54 Å². The van der Waals surface area contributed by atoms with E-state index in [9.17, 15) is 0 Å². The molecule has 0 bridgehead atoms. The lowest BCUT2D eigenvalue weighted by atomic mass is 9.61. The molecule has 0 amide bonds. The van der Waals surface area contributed by atoms with Crippen LogP contribution in [0.25, 0.3) is 0 Å². The first-order valence-electron chi connectivity index (χ1n) is 7.35. The molecule has 0 saturated heterocycles. The van der Waals surface area contributed by atoms with Gasteiger partial charge in [0.25, 0.3) is 0 Å². The molecule has 1 fully saturated rings. The van der Waals surface area contributed by atoms with Gasteiger partial charge in [-0.1, -0.05) is 57.3 Å². The molecular formula is C17H26ClN. The highest BCUT2D eigenvalue weighted by Gasteiger charge is 2.43. The minimum Gasteiger partial charge on any atom is -0.325 e. The first-order valence-corrected chi connectivity index (χ1v) is 7.72. The summed E-state index contributed by atoms with van der Waals surface area (Å²) in [5.74, 6) is 0.587. The van der Waals surface area contributed by atoms with Gasteiger partial charge in [-0.15, -0.1) is 0 Å². The van der Waals surface area contributed by atoms with Crippen molar-refractivity contribution in [1.82, 2.24) is 0 Å². The van der Waals surface area contributed by atoms with Crippen LogP contribution in [0.3, 0.4) is 0 Å². The van der Waals surface area contributed by atoms with E-state index in [4.69, 9.17) is 17.3 Å². The average Bonchev–Trinajstić information content (AvgIpc) is 2.31. The smallest absolute Gasteiger partial charge is 0.0406 e. The van der Waals surface area contributed by atoms with Gasteiger partial charge in [-0.05, 0) is 48.3 Å². The zero-order valence-electron chi connectivity index (χ0n) is 12.4. The molecule has 0 spiro atoms. The lowest BCUT2D eigenvalue weighted by molar-refractivity contribution is 0.0793. The van der Waals surface area contributed by atoms with Gasteiger partial charge in [0.05, 0.1) is 0 Å². The van der Waals surface area contributed by atoms with E-state index in [1.807, 2.05) is 12.1 Å². The van der Waals surface area contributed by atoms with Gasteiger partial charge < -0.3 is 5.73 Å². The third kappa shape index (κ3) is 3.52. The SMILES string of the molecule is CC(C)(C)C1CCCCC1(N)Cc1ccc(Cl)cc1. The molecule has 1 aliphatic carbocycles. The van der Waals surface area contributed by atoms with Gasteiger partial charge in [0.1, 0.15) is 0 Å². The van der Waals surface area contributed by atoms with E-state index in [-0.39, 0.29) is 11.0 Å². The summed E-state index contributed by atoms with van der Waals surface area (Å²) in [5, 5.41) is 0.797. The molecule has 2 rings (SSSR count). The van der Waals surface area contributed by atoms with Crippen molar-refractivity contribution in [2.45, 2.75) is 58.4 Å². The van der Waals surface area contributed by atoms with Crippen molar-refractivity contribution in [3.8, 4) is 0 Å². The molecule has 0 radical (unpaired) electrons. The van der Waals surface area contributed by atoms with Crippen LogP contribution in [0.5, 0.6) is 0 Å². The highest BCUT2D eigenvalue weighted by Crippen LogP contribution is 2.44. The molecule has 1 aromatic rings. The normalized spacial score (nSPS) is 28.4. The summed E-state index contributed by atoms with van der Waals surface area (Å²) in [6.45, 7) is 6.98. The van der Waals surface area contributed by atoms with Crippen molar-refractivity contribution in [2.24, 2.45) is 17.1 Å². The maximum Gasteiger partial charge on any atom is 0.0406 e. The van der Waals surface area contributed by atoms with Gasteiger partial charge in [-0.3, -0.25) is 0 Å². The van der Waals surface area contributed by atoms with E-state index in [0.717, 1.165) is 17.9 Å². The number of nitrogens with two attached hydrogens (primary N) is 1. The summed E-state index contributed by atoms with van der Waals surface area (Å²) in [5.41, 5.74) is 8.35. The number of hydrogen-bond acceptors (Lipinski definition) is 1. The molecule has 106 valence electrons. The van der Waals surface area contributed by atoms with Gasteiger partial charge in [0, 0.05) is 10.6 Å². The van der Waals surface area contributed by atoms with E-state index in [1.54, 1.807) is 0 Å². The van der Waals surface area contributed by atoms with Crippen LogP contribution in [0, 0.1) is 11.3 Å². The second-order valence-electron chi connectivity index (χ2n) is 7.20. The molecule has 2 unspecified atom stereocenters. The average molecular weight is 280 g/mol. The Morgan fingerprint density at radius 1 is 1.21 bits per heavy atom. The van der Waals surface area contributed by atoms with E-state index in [2.05, 4.69) is 32.9 Å². The summed E-state index contributed by atoms with van der Waals surface area (Å²) in [4.78, 5) is 0. The lowest BCUT2D eigenvalue weighted by Crippen LogP contribution is -2.55. The maximum atomic E-state index is 6.83. The topological polar surface area (TPSA) is 26.0 Å². The fraction of sp³-hybridized carbons (Fsp3) is 0.647. The summed E-state index contributed by atoms with van der Waals surface area (Å²) in [6.07, 6.45) is 5.94. The molecule has 0 aliphatic heterocycles. The molecule has 1 saturated carbocycles. The summed E-state index contributed by atoms with van der Waals surface area (Å²) in [6, 6.07) is 8.17. The minimum absolute atomic E-state index is 0.0651. The van der Waals surface area contributed by atoms with Crippen LogP contribution in [0.2, 0.25) is 5.02 Å². The standard InChI is InChI=1S/C17H26ClN/c1-16(2,3)15-6-4-5-11-17(15,19)12-13-7-9-14(18)10-8-13/h7-10,15H,4-6,11-12,19H2,1-3H3. The second-order valence-corrected chi connectivity index (χ2v) is 7.64. The Morgan fingerprint density at radius 3 is 2.42 bits per heavy atom. The van der Waals surface area contributed by atoms with E-state index >= 15 is 0 Å². The van der Waals surface area contributed by atoms with Gasteiger partial charge in [-0.2, -0.15) is 0 Å². The third-order valence-corrected chi connectivity index (χ3v) is 4.82. The second kappa shape index (κ2) is 5.46. The molecule has 1 aromatic carbocycles. The Morgan fingerprint density at radius 2 is 1.84 bits per heavy atom. The minimum atomic E-state index is -0.0651. The molecule has 0 heterocycles. The highest BCUT2D eigenvalue weighted by atomic mass is 35.5. The Kier molecular flexibility index (Phi) is 4.27. The fourth-order valence-corrected chi connectivity index (χ4v) is 3.88. The van der Waals surface area contributed by atoms with E-state index < -0.39 is 0 Å². The molecule has 1 nitrogen and oxygen atoms in total. The van der Waals surface area contributed by atoms with Crippen LogP contribution in [-0.2, 0) is 6.42 Å². The monoisotopic (exact) mass is 279 g/mol. The Labute approximate surface area is 122 Å². The molecule has 0 aromatic heterocycles. The Balaban J connectivity index is 2.21. The first-order chi connectivity index (χ1) is 8.81. The van der Waals surface area contributed by atoms with Crippen molar-refractivity contribution >= 4 is 11.6 Å². The quantitative estimate of drug-likeness (QED) is 0.825. The van der Waals surface area contributed by atoms with Crippen LogP contribution in [0.1, 0.15) is 52.0 Å². The Bertz CT molecular complexity index is 418. The predicted molar refractivity (Wildman–Crippen MR) is 83.5 cm³/mol. The predicted octanol–water partition coefficient (Wildman–Crippen LogP) is 4.82. The van der Waals surface area contributed by atoms with Gasteiger partial charge in [0.15, 0.2) is 0 Å². The maximum absolute atomic E-state index is 6.83. The third-order valence-electron chi connectivity index (χ3n) is 4.57. The van der Waals surface area contributed by atoms with Crippen molar-refractivity contribution < 1.29 is 0 Å². The first kappa shape index (κ1) is 14.9. The fourth-order valence-electron chi connectivity index (χ4n) is 3.75. The zero-order chi connectivity index (χ0) is 14.1. The van der Waals surface area contributed by atoms with E-state index in [0.29, 0.717) is 5.92 Å². The van der Waals surface area contributed by atoms with Gasteiger partial charge in [0.2, 0.25) is 0 Å². The van der Waals surface area contributed by atoms with Gasteiger partial charge >= 0.3 is 0 Å². The lowest BCUT2D eigenvalue weighted by Gasteiger charge is -2.48. The van der Waals surface area contributed by atoms with Crippen LogP contribution < -0.4 is 5.73 Å². The largest absolute Gasteiger partial charge is 0.325 e. The molecule has 2 heteroatoms. The van der Waals surface area contributed by atoms with Crippen LogP contribution in [0.15, 0.2) is 24.3 Å². The zero-order valence-corrected chi connectivity index (χ0v) is 13.1. The molecule has 19 heavy (non-hydrogen) atoms. The van der Waals surface area contributed by atoms with Crippen LogP contribution in [0.4, 0.5) is 0 Å². The van der Waals surface area contributed by atoms with Gasteiger partial charge in [-0.25, -0.2) is 0 Å². The van der Waals surface area contributed by atoms with Crippen molar-refractivity contribution in [3.05, 3.63) is 34.9 Å². The summed E-state index contributed by atoms with van der Waals surface area (Å²) in [7, 11) is 0. The molecule has 1 aliphatic rings. The Hall–Kier alpha value is -0.530. The molecular weight excluding hydrogens is 254 g/mol. The van der Waals surface area contributed by atoms with Crippen LogP contribution >= 0.6 is 11.6 Å². The van der Waals surface area contributed by atoms with Crippen molar-refractivity contribution in [1.29, 1.82) is 0 Å². The van der Waals surface area contributed by atoms with Crippen molar-refractivity contribution in [3.63, 3.8) is 0 Å². The molecule has 2 atom stereocenters. The van der Waals surface area contributed by atoms with E-state index in [1.165, 1.54) is 24.8 Å². The summed E-state index contributed by atoms with van der Waals surface area (Å²) < 4.78 is 0. The highest BCUT2D eigenvalue weighted by molar-refractivity contribution is 6.30. The number of halogens is 1. The number of hydrogen-bond donors (Lipinski definition) is 1. The number of rotatable bonds is 2. The van der Waals surface area contributed by atoms with Crippen molar-refractivity contribution in [2.75, 3.05) is 0 Å². The molecule has 2 N–H and O–H groups in total. The summed E-state index contributed by atoms with van der Waals surface area (Å²) >= 11 is 5.96.